The largest absolute Gasteiger partial charge is 0.444 e. The molecule has 2 aliphatic heterocycles. The summed E-state index contributed by atoms with van der Waals surface area (Å²) in [7, 11) is 0. The van der Waals surface area contributed by atoms with Gasteiger partial charge in [-0.05, 0) is 64.7 Å². The fourth-order valence-corrected chi connectivity index (χ4v) is 5.04. The van der Waals surface area contributed by atoms with Gasteiger partial charge in [-0.15, -0.1) is 0 Å². The van der Waals surface area contributed by atoms with Gasteiger partial charge in [0.2, 0.25) is 5.91 Å². The summed E-state index contributed by atoms with van der Waals surface area (Å²) >= 11 is 0. The van der Waals surface area contributed by atoms with E-state index in [1.807, 2.05) is 39.0 Å². The molecule has 1 atom stereocenters. The number of hydrogen-bond donors (Lipinski definition) is 1. The molecular formula is C28H36N6O4. The molecule has 202 valence electrons. The van der Waals surface area contributed by atoms with Crippen molar-refractivity contribution in [2.24, 2.45) is 5.92 Å². The number of nitrogens with zero attached hydrogens (tertiary/aromatic N) is 5. The quantitative estimate of drug-likeness (QED) is 0.638. The van der Waals surface area contributed by atoms with E-state index in [9.17, 15) is 14.4 Å². The van der Waals surface area contributed by atoms with Crippen LogP contribution in [0.5, 0.6) is 0 Å². The fourth-order valence-electron chi connectivity index (χ4n) is 5.04. The first-order valence-corrected chi connectivity index (χ1v) is 13.4. The lowest BCUT2D eigenvalue weighted by atomic mass is 10.0. The molecule has 1 saturated carbocycles. The summed E-state index contributed by atoms with van der Waals surface area (Å²) < 4.78 is 5.61. The topological polar surface area (TPSA) is 108 Å². The number of benzene rings is 1. The van der Waals surface area contributed by atoms with Crippen molar-refractivity contribution >= 4 is 29.3 Å². The molecule has 0 bridgehead atoms. The number of amides is 3. The van der Waals surface area contributed by atoms with E-state index in [-0.39, 0.29) is 24.3 Å². The van der Waals surface area contributed by atoms with Crippen molar-refractivity contribution in [2.45, 2.75) is 58.1 Å². The van der Waals surface area contributed by atoms with Crippen LogP contribution in [0, 0.1) is 5.92 Å². The van der Waals surface area contributed by atoms with Gasteiger partial charge in [-0.2, -0.15) is 0 Å². The number of aromatic nitrogens is 2. The van der Waals surface area contributed by atoms with Crippen molar-refractivity contribution in [1.82, 2.24) is 19.8 Å². The molecule has 1 unspecified atom stereocenters. The van der Waals surface area contributed by atoms with Crippen molar-refractivity contribution in [3.63, 3.8) is 0 Å². The minimum absolute atomic E-state index is 0.0406. The van der Waals surface area contributed by atoms with Crippen LogP contribution in [-0.2, 0) is 9.53 Å². The third-order valence-corrected chi connectivity index (χ3v) is 7.15. The number of hydrogen-bond acceptors (Lipinski definition) is 7. The third-order valence-electron chi connectivity index (χ3n) is 7.15. The third kappa shape index (κ3) is 5.89. The smallest absolute Gasteiger partial charge is 0.410 e. The number of rotatable bonds is 5. The molecule has 1 aromatic carbocycles. The highest BCUT2D eigenvalue weighted by molar-refractivity contribution is 6.02. The summed E-state index contributed by atoms with van der Waals surface area (Å²) in [4.78, 5) is 53.4. The zero-order chi connectivity index (χ0) is 26.9. The molecule has 38 heavy (non-hydrogen) atoms. The van der Waals surface area contributed by atoms with E-state index < -0.39 is 17.7 Å². The Morgan fingerprint density at radius 2 is 1.71 bits per heavy atom. The predicted octanol–water partition coefficient (Wildman–Crippen LogP) is 3.86. The van der Waals surface area contributed by atoms with Crippen LogP contribution in [0.25, 0.3) is 0 Å². The van der Waals surface area contributed by atoms with E-state index in [0.717, 1.165) is 50.0 Å². The van der Waals surface area contributed by atoms with Crippen molar-refractivity contribution in [3.8, 4) is 0 Å². The van der Waals surface area contributed by atoms with E-state index in [2.05, 4.69) is 20.2 Å². The summed E-state index contributed by atoms with van der Waals surface area (Å²) in [6, 6.07) is 5.13. The molecule has 2 aromatic rings. The van der Waals surface area contributed by atoms with E-state index in [4.69, 9.17) is 4.74 Å². The molecule has 3 fully saturated rings. The van der Waals surface area contributed by atoms with E-state index in [0.29, 0.717) is 24.3 Å². The minimum atomic E-state index is -0.614. The maximum absolute atomic E-state index is 14.2. The number of carbonyl (C=O) groups is 3. The van der Waals surface area contributed by atoms with Crippen LogP contribution in [0.2, 0.25) is 0 Å². The van der Waals surface area contributed by atoms with Gasteiger partial charge in [0.15, 0.2) is 0 Å². The Bertz CT molecular complexity index is 1190. The molecule has 1 aromatic heterocycles. The number of anilines is 2. The SMILES string of the molecule is CC(C)(C)OC(=O)N1CCN(C(=O)c2ccc(NC(=O)C3CC3)cc2N2CCCC2)C(c2cncnc2)C1. The first kappa shape index (κ1) is 25.9. The Hall–Kier alpha value is -3.69. The van der Waals surface area contributed by atoms with Crippen LogP contribution in [-0.4, -0.2) is 76.0 Å². The standard InChI is InChI=1S/C28H36N6O4/c1-28(2,3)38-27(37)33-12-13-34(24(17-33)20-15-29-18-30-16-20)26(36)22-9-8-21(31-25(35)19-6-7-19)14-23(22)32-10-4-5-11-32/h8-9,14-16,18-19,24H,4-7,10-13,17H2,1-3H3,(H,31,35). The average molecular weight is 521 g/mol. The number of carbonyl (C=O) groups excluding carboxylic acids is 3. The highest BCUT2D eigenvalue weighted by atomic mass is 16.6. The number of piperazine rings is 1. The van der Waals surface area contributed by atoms with E-state index in [1.165, 1.54) is 6.33 Å². The van der Waals surface area contributed by atoms with Crippen LogP contribution in [0.3, 0.4) is 0 Å². The highest BCUT2D eigenvalue weighted by Gasteiger charge is 2.37. The fraction of sp³-hybridized carbons (Fsp3) is 0.536. The second kappa shape index (κ2) is 10.6. The van der Waals surface area contributed by atoms with E-state index in [1.54, 1.807) is 22.2 Å². The van der Waals surface area contributed by atoms with Gasteiger partial charge < -0.3 is 24.8 Å². The van der Waals surface area contributed by atoms with Gasteiger partial charge in [0.1, 0.15) is 11.9 Å². The molecule has 3 amide bonds. The van der Waals surface area contributed by atoms with Gasteiger partial charge in [0, 0.05) is 62.3 Å². The summed E-state index contributed by atoms with van der Waals surface area (Å²) in [6.07, 6.45) is 8.41. The first-order valence-electron chi connectivity index (χ1n) is 13.4. The number of ether oxygens (including phenoxy) is 1. The van der Waals surface area contributed by atoms with Crippen molar-refractivity contribution < 1.29 is 19.1 Å². The first-order chi connectivity index (χ1) is 18.2. The summed E-state index contributed by atoms with van der Waals surface area (Å²) in [5.74, 6) is 0.0187. The molecule has 1 aliphatic carbocycles. The predicted molar refractivity (Wildman–Crippen MR) is 143 cm³/mol. The maximum atomic E-state index is 14.2. The average Bonchev–Trinajstić information content (AvgIpc) is 3.61. The Labute approximate surface area is 223 Å². The molecule has 3 aliphatic rings. The summed E-state index contributed by atoms with van der Waals surface area (Å²) in [5, 5.41) is 3.02. The Morgan fingerprint density at radius 1 is 1.00 bits per heavy atom. The molecule has 3 heterocycles. The van der Waals surface area contributed by atoms with Gasteiger partial charge in [-0.25, -0.2) is 14.8 Å². The van der Waals surface area contributed by atoms with Crippen LogP contribution in [0.4, 0.5) is 16.2 Å². The van der Waals surface area contributed by atoms with Crippen LogP contribution >= 0.6 is 0 Å². The van der Waals surface area contributed by atoms with Crippen molar-refractivity contribution in [1.29, 1.82) is 0 Å². The lowest BCUT2D eigenvalue weighted by molar-refractivity contribution is -0.117. The molecular weight excluding hydrogens is 484 g/mol. The molecule has 1 N–H and O–H groups in total. The van der Waals surface area contributed by atoms with Gasteiger partial charge in [-0.3, -0.25) is 9.59 Å². The Kier molecular flexibility index (Phi) is 7.23. The summed E-state index contributed by atoms with van der Waals surface area (Å²) in [6.45, 7) is 8.22. The van der Waals surface area contributed by atoms with Crippen molar-refractivity contribution in [2.75, 3.05) is 42.9 Å². The van der Waals surface area contributed by atoms with Gasteiger partial charge >= 0.3 is 6.09 Å². The lowest BCUT2D eigenvalue weighted by Gasteiger charge is -2.42. The van der Waals surface area contributed by atoms with Gasteiger partial charge in [0.05, 0.1) is 17.3 Å². The van der Waals surface area contributed by atoms with Gasteiger partial charge in [-0.1, -0.05) is 0 Å². The lowest BCUT2D eigenvalue weighted by Crippen LogP contribution is -2.53. The van der Waals surface area contributed by atoms with Crippen LogP contribution < -0.4 is 10.2 Å². The number of nitrogens with one attached hydrogen (secondary N) is 1. The highest BCUT2D eigenvalue weighted by Crippen LogP contribution is 2.35. The minimum Gasteiger partial charge on any atom is -0.444 e. The monoisotopic (exact) mass is 520 g/mol. The summed E-state index contributed by atoms with van der Waals surface area (Å²) in [5.41, 5.74) is 2.27. The molecule has 0 spiro atoms. The van der Waals surface area contributed by atoms with E-state index >= 15 is 0 Å². The Morgan fingerprint density at radius 3 is 2.37 bits per heavy atom. The molecule has 5 rings (SSSR count). The molecule has 10 heteroatoms. The molecule has 0 radical (unpaired) electrons. The normalized spacial score (nSPS) is 19.9. The zero-order valence-electron chi connectivity index (χ0n) is 22.4. The van der Waals surface area contributed by atoms with Crippen LogP contribution in [0.1, 0.15) is 68.4 Å². The molecule has 10 nitrogen and oxygen atoms in total. The van der Waals surface area contributed by atoms with Crippen LogP contribution in [0.15, 0.2) is 36.9 Å². The zero-order valence-corrected chi connectivity index (χ0v) is 22.4. The second-order valence-corrected chi connectivity index (χ2v) is 11.3. The van der Waals surface area contributed by atoms with Crippen molar-refractivity contribution in [3.05, 3.63) is 48.0 Å². The Balaban J connectivity index is 1.43. The van der Waals surface area contributed by atoms with Gasteiger partial charge in [0.25, 0.3) is 5.91 Å². The molecule has 2 saturated heterocycles. The maximum Gasteiger partial charge on any atom is 0.410 e. The second-order valence-electron chi connectivity index (χ2n) is 11.3.